The van der Waals surface area contributed by atoms with Crippen LogP contribution in [-0.2, 0) is 0 Å². The maximum Gasteiger partial charge on any atom is 0.164 e. The van der Waals surface area contributed by atoms with Crippen LogP contribution in [0.1, 0.15) is 0 Å². The molecule has 0 aliphatic rings. The number of hydrogen-bond acceptors (Lipinski definition) is 4. The number of nitrogens with zero attached hydrogens (tertiary/aromatic N) is 4. The minimum Gasteiger partial charge on any atom is -0.456 e. The van der Waals surface area contributed by atoms with Gasteiger partial charge in [-0.2, -0.15) is 0 Å². The van der Waals surface area contributed by atoms with E-state index in [0.29, 0.717) is 17.5 Å². The molecule has 12 aromatic rings. The van der Waals surface area contributed by atoms with Crippen molar-refractivity contribution in [2.75, 3.05) is 0 Å². The third-order valence-electron chi connectivity index (χ3n) is 11.4. The van der Waals surface area contributed by atoms with E-state index in [4.69, 9.17) is 19.4 Å². The summed E-state index contributed by atoms with van der Waals surface area (Å²) in [5, 5.41) is 9.32. The van der Waals surface area contributed by atoms with Gasteiger partial charge in [0.15, 0.2) is 17.5 Å². The monoisotopic (exact) mass is 740 g/mol. The lowest BCUT2D eigenvalue weighted by molar-refractivity contribution is 0.669. The van der Waals surface area contributed by atoms with Gasteiger partial charge in [0.2, 0.25) is 0 Å². The van der Waals surface area contributed by atoms with Crippen LogP contribution in [0.3, 0.4) is 0 Å². The van der Waals surface area contributed by atoms with Crippen molar-refractivity contribution in [1.29, 1.82) is 0 Å². The van der Waals surface area contributed by atoms with E-state index < -0.39 is 0 Å². The van der Waals surface area contributed by atoms with Crippen molar-refractivity contribution in [2.24, 2.45) is 0 Å². The third-order valence-corrected chi connectivity index (χ3v) is 11.4. The van der Waals surface area contributed by atoms with E-state index in [-0.39, 0.29) is 0 Å². The summed E-state index contributed by atoms with van der Waals surface area (Å²) in [5.74, 6) is 1.85. The molecule has 0 aliphatic heterocycles. The quantitative estimate of drug-likeness (QED) is 0.176. The van der Waals surface area contributed by atoms with Crippen LogP contribution in [-0.4, -0.2) is 19.5 Å². The fraction of sp³-hybridized carbons (Fsp3) is 0. The van der Waals surface area contributed by atoms with Crippen molar-refractivity contribution < 1.29 is 4.42 Å². The molecule has 0 aliphatic carbocycles. The predicted octanol–water partition coefficient (Wildman–Crippen LogP) is 13.8. The third kappa shape index (κ3) is 5.07. The summed E-state index contributed by atoms with van der Waals surface area (Å²) < 4.78 is 9.09. The average molecular weight is 741 g/mol. The predicted molar refractivity (Wildman–Crippen MR) is 238 cm³/mol. The van der Waals surface area contributed by atoms with Crippen LogP contribution in [0.5, 0.6) is 0 Å². The number of furan rings is 1. The van der Waals surface area contributed by atoms with Gasteiger partial charge in [0, 0.05) is 43.6 Å². The lowest BCUT2D eigenvalue weighted by Crippen LogP contribution is -2.00. The fourth-order valence-electron chi connectivity index (χ4n) is 8.75. The van der Waals surface area contributed by atoms with Crippen LogP contribution in [0.2, 0.25) is 0 Å². The van der Waals surface area contributed by atoms with E-state index in [1.54, 1.807) is 0 Å². The highest BCUT2D eigenvalue weighted by Gasteiger charge is 2.20. The summed E-state index contributed by atoms with van der Waals surface area (Å²) in [4.78, 5) is 15.0. The van der Waals surface area contributed by atoms with Crippen LogP contribution in [0.25, 0.3) is 116 Å². The smallest absolute Gasteiger partial charge is 0.164 e. The van der Waals surface area contributed by atoms with Crippen molar-refractivity contribution >= 4 is 65.3 Å². The summed E-state index contributed by atoms with van der Waals surface area (Å²) in [6.07, 6.45) is 0. The van der Waals surface area contributed by atoms with E-state index in [1.807, 2.05) is 72.8 Å². The molecule has 0 amide bonds. The van der Waals surface area contributed by atoms with Crippen LogP contribution in [0, 0.1) is 0 Å². The van der Waals surface area contributed by atoms with Gasteiger partial charge in [-0.3, -0.25) is 0 Å². The number of rotatable bonds is 5. The highest BCUT2D eigenvalue weighted by molar-refractivity contribution is 6.16. The molecule has 3 aromatic heterocycles. The van der Waals surface area contributed by atoms with Gasteiger partial charge in [-0.1, -0.05) is 152 Å². The molecule has 5 heteroatoms. The molecular weight excluding hydrogens is 709 g/mol. The average Bonchev–Trinajstić information content (AvgIpc) is 3.83. The molecular formula is C53H32N4O. The topological polar surface area (TPSA) is 56.7 Å². The molecule has 0 N–H and O–H groups in total. The molecule has 0 bridgehead atoms. The second kappa shape index (κ2) is 12.8. The molecule has 5 nitrogen and oxygen atoms in total. The normalized spacial score (nSPS) is 11.8. The number of fused-ring (bicyclic) bond motifs is 8. The van der Waals surface area contributed by atoms with Crippen LogP contribution in [0.4, 0.5) is 0 Å². The molecule has 0 saturated carbocycles. The SMILES string of the molecule is c1ccc(-c2nc(-c3ccccc3)nc(-c3cccc4oc5cc(-c6ccc(-n7c8ccccc8c8cc9ccccc9cc87)c7ccccc67)ccc5c34)n2)cc1. The molecule has 0 atom stereocenters. The first-order chi connectivity index (χ1) is 28.7. The van der Waals surface area contributed by atoms with Crippen LogP contribution in [0.15, 0.2) is 199 Å². The van der Waals surface area contributed by atoms with Gasteiger partial charge >= 0.3 is 0 Å². The van der Waals surface area contributed by atoms with Gasteiger partial charge in [0.05, 0.1) is 16.7 Å². The number of hydrogen-bond donors (Lipinski definition) is 0. The Kier molecular flexibility index (Phi) is 7.16. The van der Waals surface area contributed by atoms with Crippen molar-refractivity contribution in [1.82, 2.24) is 19.5 Å². The molecule has 58 heavy (non-hydrogen) atoms. The summed E-state index contributed by atoms with van der Waals surface area (Å²) in [6, 6.07) is 68.1. The fourth-order valence-corrected chi connectivity index (χ4v) is 8.75. The largest absolute Gasteiger partial charge is 0.456 e. The Hall–Kier alpha value is -7.89. The molecule has 0 saturated heterocycles. The standard InChI is InChI=1S/C53H32N4O/c1-3-14-33(15-4-1)51-54-52(34-16-5-2-6-17-34)56-53(55-51)43-23-13-25-48-50(43)42-27-26-37(32-49(42)58-48)38-28-29-46(40-21-10-9-20-39(38)40)57-45-24-12-11-22-41(45)44-30-35-18-7-8-19-36(35)31-47(44)57/h1-32H. The van der Waals surface area contributed by atoms with Crippen molar-refractivity contribution in [3.63, 3.8) is 0 Å². The Bertz CT molecular complexity index is 3510. The Morgan fingerprint density at radius 2 is 0.983 bits per heavy atom. The van der Waals surface area contributed by atoms with Crippen LogP contribution < -0.4 is 0 Å². The molecule has 270 valence electrons. The van der Waals surface area contributed by atoms with Crippen molar-refractivity contribution in [3.05, 3.63) is 194 Å². The minimum absolute atomic E-state index is 0.602. The second-order valence-electron chi connectivity index (χ2n) is 14.8. The lowest BCUT2D eigenvalue weighted by Gasteiger charge is -2.15. The molecule has 0 unspecified atom stereocenters. The Morgan fingerprint density at radius 1 is 0.345 bits per heavy atom. The first-order valence-electron chi connectivity index (χ1n) is 19.5. The summed E-state index contributed by atoms with van der Waals surface area (Å²) in [5.41, 5.74) is 10.1. The molecule has 0 spiro atoms. The van der Waals surface area contributed by atoms with E-state index in [0.717, 1.165) is 55.4 Å². The summed E-state index contributed by atoms with van der Waals surface area (Å²) in [7, 11) is 0. The van der Waals surface area contributed by atoms with Crippen LogP contribution >= 0.6 is 0 Å². The first kappa shape index (κ1) is 32.4. The van der Waals surface area contributed by atoms with Gasteiger partial charge in [-0.25, -0.2) is 15.0 Å². The van der Waals surface area contributed by atoms with Gasteiger partial charge < -0.3 is 8.98 Å². The minimum atomic E-state index is 0.602. The van der Waals surface area contributed by atoms with Gasteiger partial charge in [-0.15, -0.1) is 0 Å². The number of aromatic nitrogens is 4. The number of para-hydroxylation sites is 1. The van der Waals surface area contributed by atoms with Gasteiger partial charge in [0.1, 0.15) is 11.2 Å². The van der Waals surface area contributed by atoms with Crippen molar-refractivity contribution in [2.45, 2.75) is 0 Å². The Morgan fingerprint density at radius 3 is 1.74 bits per heavy atom. The van der Waals surface area contributed by atoms with Gasteiger partial charge in [0.25, 0.3) is 0 Å². The Balaban J connectivity index is 1.02. The summed E-state index contributed by atoms with van der Waals surface area (Å²) in [6.45, 7) is 0. The molecule has 12 rings (SSSR count). The molecule has 3 heterocycles. The second-order valence-corrected chi connectivity index (χ2v) is 14.8. The van der Waals surface area contributed by atoms with E-state index in [1.165, 1.54) is 43.4 Å². The summed E-state index contributed by atoms with van der Waals surface area (Å²) >= 11 is 0. The zero-order valence-electron chi connectivity index (χ0n) is 31.2. The zero-order valence-corrected chi connectivity index (χ0v) is 31.2. The molecule has 9 aromatic carbocycles. The number of benzene rings is 9. The lowest BCUT2D eigenvalue weighted by atomic mass is 9.95. The van der Waals surface area contributed by atoms with Gasteiger partial charge in [-0.05, 0) is 69.8 Å². The Labute approximate surface area is 333 Å². The highest BCUT2D eigenvalue weighted by atomic mass is 16.3. The van der Waals surface area contributed by atoms with E-state index in [9.17, 15) is 0 Å². The van der Waals surface area contributed by atoms with E-state index in [2.05, 4.69) is 126 Å². The van der Waals surface area contributed by atoms with E-state index >= 15 is 0 Å². The maximum atomic E-state index is 6.66. The molecule has 0 fully saturated rings. The maximum absolute atomic E-state index is 6.66. The first-order valence-corrected chi connectivity index (χ1v) is 19.5. The van der Waals surface area contributed by atoms with Crippen molar-refractivity contribution in [3.8, 4) is 51.0 Å². The highest BCUT2D eigenvalue weighted by Crippen LogP contribution is 2.42. The molecule has 0 radical (unpaired) electrons. The zero-order chi connectivity index (χ0) is 38.2.